The highest BCUT2D eigenvalue weighted by Crippen LogP contribution is 2.16. The average molecular weight is 263 g/mol. The molecule has 1 aromatic heterocycles. The minimum Gasteiger partial charge on any atom is -0.476 e. The van der Waals surface area contributed by atoms with Gasteiger partial charge in [-0.05, 0) is 0 Å². The van der Waals surface area contributed by atoms with Crippen LogP contribution in [0.2, 0.25) is 0 Å². The quantitative estimate of drug-likeness (QED) is 0.872. The van der Waals surface area contributed by atoms with Crippen LogP contribution >= 0.6 is 0 Å². The summed E-state index contributed by atoms with van der Waals surface area (Å²) in [6.07, 6.45) is -2.89. The number of hydrogen-bond acceptors (Lipinski definition) is 4. The standard InChI is InChI=1S/C9H8F3N3O3/c1-15(4-9(10,11)12)7(16)5-2-14-6(3-13-5)8(17)18/h2-3H,4H2,1H3,(H,17,18). The van der Waals surface area contributed by atoms with Crippen LogP contribution in [0, 0.1) is 0 Å². The van der Waals surface area contributed by atoms with Gasteiger partial charge >= 0.3 is 12.1 Å². The summed E-state index contributed by atoms with van der Waals surface area (Å²) in [5.74, 6) is -2.33. The van der Waals surface area contributed by atoms with Gasteiger partial charge in [0, 0.05) is 7.05 Å². The Morgan fingerprint density at radius 2 is 1.78 bits per heavy atom. The molecule has 98 valence electrons. The first-order valence-corrected chi connectivity index (χ1v) is 4.58. The van der Waals surface area contributed by atoms with E-state index in [2.05, 4.69) is 9.97 Å². The maximum absolute atomic E-state index is 12.0. The van der Waals surface area contributed by atoms with Crippen LogP contribution < -0.4 is 0 Å². The molecule has 0 saturated carbocycles. The van der Waals surface area contributed by atoms with Crippen molar-refractivity contribution in [3.63, 3.8) is 0 Å². The number of carbonyl (C=O) groups is 2. The van der Waals surface area contributed by atoms with Crippen LogP contribution in [0.5, 0.6) is 0 Å². The zero-order valence-corrected chi connectivity index (χ0v) is 9.10. The van der Waals surface area contributed by atoms with Crippen LogP contribution in [0.3, 0.4) is 0 Å². The number of halogens is 3. The summed E-state index contributed by atoms with van der Waals surface area (Å²) in [6.45, 7) is -1.42. The van der Waals surface area contributed by atoms with Crippen molar-refractivity contribution in [2.75, 3.05) is 13.6 Å². The molecule has 1 heterocycles. The van der Waals surface area contributed by atoms with E-state index in [0.717, 1.165) is 19.4 Å². The van der Waals surface area contributed by atoms with Crippen molar-refractivity contribution in [2.24, 2.45) is 0 Å². The minimum absolute atomic E-state index is 0.355. The number of aromatic carboxylic acids is 1. The molecular formula is C9H8F3N3O3. The van der Waals surface area contributed by atoms with Gasteiger partial charge in [-0.1, -0.05) is 0 Å². The smallest absolute Gasteiger partial charge is 0.406 e. The molecule has 0 unspecified atom stereocenters. The zero-order chi connectivity index (χ0) is 13.9. The van der Waals surface area contributed by atoms with E-state index >= 15 is 0 Å². The van der Waals surface area contributed by atoms with Crippen molar-refractivity contribution < 1.29 is 27.9 Å². The number of hydrogen-bond donors (Lipinski definition) is 1. The van der Waals surface area contributed by atoms with Crippen LogP contribution in [-0.4, -0.2) is 51.6 Å². The van der Waals surface area contributed by atoms with Crippen molar-refractivity contribution in [3.05, 3.63) is 23.8 Å². The van der Waals surface area contributed by atoms with E-state index in [0.29, 0.717) is 4.90 Å². The third-order valence-corrected chi connectivity index (χ3v) is 1.85. The Morgan fingerprint density at radius 3 is 2.17 bits per heavy atom. The fourth-order valence-electron chi connectivity index (χ4n) is 1.09. The van der Waals surface area contributed by atoms with E-state index in [-0.39, 0.29) is 5.69 Å². The Hall–Kier alpha value is -2.19. The van der Waals surface area contributed by atoms with Crippen LogP contribution in [0.1, 0.15) is 21.0 Å². The molecule has 0 bridgehead atoms. The summed E-state index contributed by atoms with van der Waals surface area (Å²) in [4.78, 5) is 29.2. The predicted molar refractivity (Wildman–Crippen MR) is 52.0 cm³/mol. The van der Waals surface area contributed by atoms with Gasteiger partial charge in [0.1, 0.15) is 12.2 Å². The van der Waals surface area contributed by atoms with E-state index in [1.54, 1.807) is 0 Å². The van der Waals surface area contributed by atoms with Gasteiger partial charge in [-0.3, -0.25) is 4.79 Å². The van der Waals surface area contributed by atoms with Crippen LogP contribution in [0.4, 0.5) is 13.2 Å². The van der Waals surface area contributed by atoms with Crippen molar-refractivity contribution in [1.82, 2.24) is 14.9 Å². The molecule has 1 amide bonds. The highest BCUT2D eigenvalue weighted by molar-refractivity contribution is 5.92. The Labute approximate surface area is 99.1 Å². The van der Waals surface area contributed by atoms with Gasteiger partial charge in [0.05, 0.1) is 12.4 Å². The Kier molecular flexibility index (Phi) is 3.84. The normalized spacial score (nSPS) is 11.1. The molecule has 0 spiro atoms. The third kappa shape index (κ3) is 3.68. The molecule has 0 fully saturated rings. The van der Waals surface area contributed by atoms with Crippen LogP contribution in [-0.2, 0) is 0 Å². The molecule has 6 nitrogen and oxygen atoms in total. The summed E-state index contributed by atoms with van der Waals surface area (Å²) < 4.78 is 36.1. The Bertz CT molecular complexity index is 458. The number of rotatable bonds is 3. The second-order valence-corrected chi connectivity index (χ2v) is 3.37. The summed E-state index contributed by atoms with van der Waals surface area (Å²) in [5.41, 5.74) is -0.753. The number of carboxylic acid groups (broad SMARTS) is 1. The fourth-order valence-corrected chi connectivity index (χ4v) is 1.09. The molecule has 0 atom stereocenters. The van der Waals surface area contributed by atoms with Gasteiger partial charge in [-0.15, -0.1) is 0 Å². The van der Waals surface area contributed by atoms with Crippen molar-refractivity contribution in [3.8, 4) is 0 Å². The van der Waals surface area contributed by atoms with Gasteiger partial charge in [0.15, 0.2) is 5.69 Å². The largest absolute Gasteiger partial charge is 0.476 e. The molecule has 0 radical (unpaired) electrons. The van der Waals surface area contributed by atoms with E-state index in [9.17, 15) is 22.8 Å². The first kappa shape index (κ1) is 13.9. The molecule has 0 aliphatic heterocycles. The number of carbonyl (C=O) groups excluding carboxylic acids is 1. The Morgan fingerprint density at radius 1 is 1.28 bits per heavy atom. The molecule has 18 heavy (non-hydrogen) atoms. The number of amides is 1. The summed E-state index contributed by atoms with van der Waals surface area (Å²) in [7, 11) is 0.961. The second-order valence-electron chi connectivity index (χ2n) is 3.37. The highest BCUT2D eigenvalue weighted by Gasteiger charge is 2.31. The van der Waals surface area contributed by atoms with Crippen molar-refractivity contribution in [2.45, 2.75) is 6.18 Å². The fraction of sp³-hybridized carbons (Fsp3) is 0.333. The average Bonchev–Trinajstić information content (AvgIpc) is 2.26. The lowest BCUT2D eigenvalue weighted by Crippen LogP contribution is -2.36. The lowest BCUT2D eigenvalue weighted by atomic mass is 10.3. The number of carboxylic acids is 1. The SMILES string of the molecule is CN(CC(F)(F)F)C(=O)c1cnc(C(=O)O)cn1. The predicted octanol–water partition coefficient (Wildman–Crippen LogP) is 0.809. The summed E-state index contributed by atoms with van der Waals surface area (Å²) in [6, 6.07) is 0. The van der Waals surface area contributed by atoms with E-state index < -0.39 is 30.3 Å². The van der Waals surface area contributed by atoms with Gasteiger partial charge in [-0.25, -0.2) is 14.8 Å². The highest BCUT2D eigenvalue weighted by atomic mass is 19.4. The van der Waals surface area contributed by atoms with E-state index in [1.807, 2.05) is 0 Å². The van der Waals surface area contributed by atoms with E-state index in [1.165, 1.54) is 0 Å². The maximum Gasteiger partial charge on any atom is 0.406 e. The summed E-state index contributed by atoms with van der Waals surface area (Å²) in [5, 5.41) is 8.53. The van der Waals surface area contributed by atoms with Crippen LogP contribution in [0.15, 0.2) is 12.4 Å². The number of nitrogens with zero attached hydrogens (tertiary/aromatic N) is 3. The van der Waals surface area contributed by atoms with Crippen molar-refractivity contribution >= 4 is 11.9 Å². The Balaban J connectivity index is 2.81. The third-order valence-electron chi connectivity index (χ3n) is 1.85. The molecule has 1 aromatic rings. The molecule has 0 aromatic carbocycles. The lowest BCUT2D eigenvalue weighted by Gasteiger charge is -2.18. The van der Waals surface area contributed by atoms with Crippen LogP contribution in [0.25, 0.3) is 0 Å². The van der Waals surface area contributed by atoms with Crippen molar-refractivity contribution in [1.29, 1.82) is 0 Å². The first-order chi connectivity index (χ1) is 8.20. The first-order valence-electron chi connectivity index (χ1n) is 4.58. The lowest BCUT2D eigenvalue weighted by molar-refractivity contribution is -0.138. The molecule has 0 aliphatic carbocycles. The van der Waals surface area contributed by atoms with Gasteiger partial charge < -0.3 is 10.0 Å². The van der Waals surface area contributed by atoms with Gasteiger partial charge in [-0.2, -0.15) is 13.2 Å². The topological polar surface area (TPSA) is 83.4 Å². The zero-order valence-electron chi connectivity index (χ0n) is 9.10. The van der Waals surface area contributed by atoms with Gasteiger partial charge in [0.25, 0.3) is 5.91 Å². The molecular weight excluding hydrogens is 255 g/mol. The molecule has 1 N–H and O–H groups in total. The van der Waals surface area contributed by atoms with Gasteiger partial charge in [0.2, 0.25) is 0 Å². The van der Waals surface area contributed by atoms with E-state index in [4.69, 9.17) is 5.11 Å². The molecule has 1 rings (SSSR count). The molecule has 0 saturated heterocycles. The number of alkyl halides is 3. The monoisotopic (exact) mass is 263 g/mol. The molecule has 9 heteroatoms. The molecule has 0 aliphatic rings. The second kappa shape index (κ2) is 4.98. The minimum atomic E-state index is -4.52. The number of aromatic nitrogens is 2. The maximum atomic E-state index is 12.0. The summed E-state index contributed by atoms with van der Waals surface area (Å²) >= 11 is 0.